The van der Waals surface area contributed by atoms with E-state index in [2.05, 4.69) is 22.6 Å². The number of rotatable bonds is 6. The highest BCUT2D eigenvalue weighted by molar-refractivity contribution is 7.07. The summed E-state index contributed by atoms with van der Waals surface area (Å²) in [4.78, 5) is 4.30. The summed E-state index contributed by atoms with van der Waals surface area (Å²) in [6.45, 7) is 4.18. The minimum atomic E-state index is 0.477. The van der Waals surface area contributed by atoms with Crippen LogP contribution in [0.3, 0.4) is 0 Å². The first-order chi connectivity index (χ1) is 8.38. The first kappa shape index (κ1) is 13.0. The average Bonchev–Trinajstić information content (AvgIpc) is 2.83. The number of nitrogens with zero attached hydrogens (tertiary/aromatic N) is 1. The van der Waals surface area contributed by atoms with Gasteiger partial charge in [-0.15, -0.1) is 11.3 Å². The van der Waals surface area contributed by atoms with E-state index in [1.54, 1.807) is 11.3 Å². The fourth-order valence-corrected chi connectivity index (χ4v) is 2.95. The molecule has 1 aliphatic heterocycles. The van der Waals surface area contributed by atoms with Gasteiger partial charge in [-0.3, -0.25) is 0 Å². The van der Waals surface area contributed by atoms with E-state index in [0.717, 1.165) is 26.0 Å². The fraction of sp³-hybridized carbons (Fsp3) is 0.769. The zero-order valence-electron chi connectivity index (χ0n) is 10.5. The molecule has 2 atom stereocenters. The smallest absolute Gasteiger partial charge is 0.0794 e. The number of aromatic nitrogens is 1. The lowest BCUT2D eigenvalue weighted by Gasteiger charge is -2.30. The number of hydrogen-bond donors (Lipinski definition) is 1. The SMILES string of the molecule is CCCC1CC(NCCc2cscn2)CCO1. The Bertz CT molecular complexity index is 300. The normalized spacial score (nSPS) is 25.0. The van der Waals surface area contributed by atoms with Crippen molar-refractivity contribution < 1.29 is 4.74 Å². The van der Waals surface area contributed by atoms with Crippen molar-refractivity contribution in [1.29, 1.82) is 0 Å². The van der Waals surface area contributed by atoms with Crippen molar-refractivity contribution in [3.05, 3.63) is 16.6 Å². The van der Waals surface area contributed by atoms with Gasteiger partial charge in [0.05, 0.1) is 17.3 Å². The van der Waals surface area contributed by atoms with Crippen LogP contribution in [0.4, 0.5) is 0 Å². The molecule has 2 unspecified atom stereocenters. The summed E-state index contributed by atoms with van der Waals surface area (Å²) >= 11 is 1.67. The Balaban J connectivity index is 1.65. The molecule has 2 rings (SSSR count). The Kier molecular flexibility index (Phi) is 5.42. The second-order valence-electron chi connectivity index (χ2n) is 4.69. The van der Waals surface area contributed by atoms with Crippen LogP contribution in [0, 0.1) is 0 Å². The van der Waals surface area contributed by atoms with Crippen LogP contribution in [-0.2, 0) is 11.2 Å². The van der Waals surface area contributed by atoms with Crippen LogP contribution in [0.15, 0.2) is 10.9 Å². The van der Waals surface area contributed by atoms with Gasteiger partial charge >= 0.3 is 0 Å². The molecule has 0 radical (unpaired) electrons. The summed E-state index contributed by atoms with van der Waals surface area (Å²) in [6.07, 6.45) is 6.26. The third-order valence-corrected chi connectivity index (χ3v) is 3.91. The van der Waals surface area contributed by atoms with Gasteiger partial charge in [0.1, 0.15) is 0 Å². The summed E-state index contributed by atoms with van der Waals surface area (Å²) in [6, 6.07) is 0.638. The van der Waals surface area contributed by atoms with Crippen LogP contribution < -0.4 is 5.32 Å². The van der Waals surface area contributed by atoms with Gasteiger partial charge in [0.25, 0.3) is 0 Å². The highest BCUT2D eigenvalue weighted by Gasteiger charge is 2.21. The van der Waals surface area contributed by atoms with Crippen molar-refractivity contribution in [1.82, 2.24) is 10.3 Å². The third-order valence-electron chi connectivity index (χ3n) is 3.28. The van der Waals surface area contributed by atoms with E-state index in [4.69, 9.17) is 4.74 Å². The molecule has 1 aliphatic rings. The van der Waals surface area contributed by atoms with Crippen LogP contribution in [0.2, 0.25) is 0 Å². The average molecular weight is 254 g/mol. The highest BCUT2D eigenvalue weighted by atomic mass is 32.1. The minimum absolute atomic E-state index is 0.477. The predicted molar refractivity (Wildman–Crippen MR) is 71.5 cm³/mol. The molecule has 0 bridgehead atoms. The summed E-state index contributed by atoms with van der Waals surface area (Å²) in [7, 11) is 0. The van der Waals surface area contributed by atoms with E-state index < -0.39 is 0 Å². The zero-order chi connectivity index (χ0) is 11.9. The maximum absolute atomic E-state index is 5.75. The molecule has 0 amide bonds. The van der Waals surface area contributed by atoms with E-state index in [0.29, 0.717) is 12.1 Å². The van der Waals surface area contributed by atoms with E-state index in [1.165, 1.54) is 25.0 Å². The Hall–Kier alpha value is -0.450. The Labute approximate surface area is 108 Å². The molecule has 17 heavy (non-hydrogen) atoms. The van der Waals surface area contributed by atoms with Gasteiger partial charge in [0.2, 0.25) is 0 Å². The van der Waals surface area contributed by atoms with E-state index in [9.17, 15) is 0 Å². The lowest BCUT2D eigenvalue weighted by Crippen LogP contribution is -2.39. The molecular weight excluding hydrogens is 232 g/mol. The van der Waals surface area contributed by atoms with Gasteiger partial charge in [-0.2, -0.15) is 0 Å². The second kappa shape index (κ2) is 7.09. The standard InChI is InChI=1S/C13H22N2OS/c1-2-3-13-8-11(5-7-16-13)14-6-4-12-9-17-10-15-12/h9-11,13-14H,2-8H2,1H3. The molecule has 4 heteroatoms. The van der Waals surface area contributed by atoms with Crippen LogP contribution >= 0.6 is 11.3 Å². The molecule has 96 valence electrons. The predicted octanol–water partition coefficient (Wildman–Crippen LogP) is 2.62. The lowest BCUT2D eigenvalue weighted by atomic mass is 10.00. The molecule has 1 N–H and O–H groups in total. The molecule has 3 nitrogen and oxygen atoms in total. The molecule has 0 saturated carbocycles. The number of ether oxygens (including phenoxy) is 1. The molecule has 1 saturated heterocycles. The van der Waals surface area contributed by atoms with E-state index in [1.807, 2.05) is 5.51 Å². The van der Waals surface area contributed by atoms with Crippen molar-refractivity contribution in [2.24, 2.45) is 0 Å². The van der Waals surface area contributed by atoms with Gasteiger partial charge in [0, 0.05) is 31.0 Å². The molecule has 0 spiro atoms. The maximum atomic E-state index is 5.75. The topological polar surface area (TPSA) is 34.2 Å². The third kappa shape index (κ3) is 4.37. The molecule has 1 fully saturated rings. The van der Waals surface area contributed by atoms with Gasteiger partial charge in [-0.1, -0.05) is 13.3 Å². The second-order valence-corrected chi connectivity index (χ2v) is 5.41. The van der Waals surface area contributed by atoms with Crippen LogP contribution in [0.25, 0.3) is 0 Å². The van der Waals surface area contributed by atoms with Crippen LogP contribution in [-0.4, -0.2) is 30.3 Å². The highest BCUT2D eigenvalue weighted by Crippen LogP contribution is 2.17. The first-order valence-corrected chi connectivity index (χ1v) is 7.54. The van der Waals surface area contributed by atoms with E-state index in [-0.39, 0.29) is 0 Å². The van der Waals surface area contributed by atoms with Crippen molar-refractivity contribution >= 4 is 11.3 Å². The number of nitrogens with one attached hydrogen (secondary N) is 1. The molecule has 0 aromatic carbocycles. The van der Waals surface area contributed by atoms with Crippen molar-refractivity contribution in [2.75, 3.05) is 13.2 Å². The fourth-order valence-electron chi connectivity index (χ4n) is 2.35. The molecule has 0 aliphatic carbocycles. The van der Waals surface area contributed by atoms with Gasteiger partial charge in [0.15, 0.2) is 0 Å². The van der Waals surface area contributed by atoms with Crippen LogP contribution in [0.1, 0.15) is 38.3 Å². The van der Waals surface area contributed by atoms with Crippen molar-refractivity contribution in [3.63, 3.8) is 0 Å². The lowest BCUT2D eigenvalue weighted by molar-refractivity contribution is -0.00300. The summed E-state index contributed by atoms with van der Waals surface area (Å²) in [5.74, 6) is 0. The molecular formula is C13H22N2OS. The van der Waals surface area contributed by atoms with Crippen LogP contribution in [0.5, 0.6) is 0 Å². The summed E-state index contributed by atoms with van der Waals surface area (Å²) in [5.41, 5.74) is 3.11. The quantitative estimate of drug-likeness (QED) is 0.847. The zero-order valence-corrected chi connectivity index (χ0v) is 11.3. The Morgan fingerprint density at radius 3 is 3.29 bits per heavy atom. The van der Waals surface area contributed by atoms with Gasteiger partial charge < -0.3 is 10.1 Å². The van der Waals surface area contributed by atoms with E-state index >= 15 is 0 Å². The van der Waals surface area contributed by atoms with Gasteiger partial charge in [-0.25, -0.2) is 4.98 Å². The first-order valence-electron chi connectivity index (χ1n) is 6.60. The summed E-state index contributed by atoms with van der Waals surface area (Å²) < 4.78 is 5.75. The molecule has 1 aromatic heterocycles. The van der Waals surface area contributed by atoms with Crippen molar-refractivity contribution in [3.8, 4) is 0 Å². The Morgan fingerprint density at radius 2 is 2.53 bits per heavy atom. The minimum Gasteiger partial charge on any atom is -0.378 e. The Morgan fingerprint density at radius 1 is 1.59 bits per heavy atom. The number of thiazole rings is 1. The molecule has 1 aromatic rings. The number of hydrogen-bond acceptors (Lipinski definition) is 4. The van der Waals surface area contributed by atoms with Gasteiger partial charge in [-0.05, 0) is 19.3 Å². The summed E-state index contributed by atoms with van der Waals surface area (Å²) in [5, 5.41) is 5.76. The molecule has 2 heterocycles. The van der Waals surface area contributed by atoms with Crippen molar-refractivity contribution in [2.45, 2.75) is 51.2 Å². The monoisotopic (exact) mass is 254 g/mol. The maximum Gasteiger partial charge on any atom is 0.0794 e. The largest absolute Gasteiger partial charge is 0.378 e.